The molecule has 60 heavy (non-hydrogen) atoms. The van der Waals surface area contributed by atoms with Crippen LogP contribution in [0.5, 0.6) is 0 Å². The summed E-state index contributed by atoms with van der Waals surface area (Å²) < 4.78 is 6.03. The van der Waals surface area contributed by atoms with E-state index in [1.807, 2.05) is 27.0 Å². The van der Waals surface area contributed by atoms with Crippen molar-refractivity contribution in [2.45, 2.75) is 134 Å². The molecular formula is C41H73N11O8. The maximum absolute atomic E-state index is 13.9. The Morgan fingerprint density at radius 2 is 1.33 bits per heavy atom. The smallest absolute Gasteiger partial charge is 0.245 e. The molecule has 1 aromatic carbocycles. The van der Waals surface area contributed by atoms with Crippen molar-refractivity contribution in [2.24, 2.45) is 17.4 Å². The highest BCUT2D eigenvalue weighted by molar-refractivity contribution is 5.96. The van der Waals surface area contributed by atoms with Crippen molar-refractivity contribution in [3.63, 3.8) is 0 Å². The largest absolute Gasteiger partial charge is 0.394 e. The predicted octanol–water partition coefficient (Wildman–Crippen LogP) is -0.987. The molecule has 0 saturated carbocycles. The van der Waals surface area contributed by atoms with E-state index in [0.717, 1.165) is 5.56 Å². The van der Waals surface area contributed by atoms with Crippen LogP contribution < -0.4 is 54.0 Å². The minimum atomic E-state index is -1.47. The van der Waals surface area contributed by atoms with Crippen LogP contribution >= 0.6 is 0 Å². The molecule has 1 aromatic rings. The van der Waals surface area contributed by atoms with Crippen LogP contribution in [-0.4, -0.2) is 128 Å². The third-order valence-electron chi connectivity index (χ3n) is 9.92. The first-order chi connectivity index (χ1) is 28.2. The normalized spacial score (nSPS) is 14.1. The summed E-state index contributed by atoms with van der Waals surface area (Å²) in [6.45, 7) is 11.2. The fraction of sp³-hybridized carbons (Fsp3) is 0.683. The molecule has 19 nitrogen and oxygen atoms in total. The van der Waals surface area contributed by atoms with Gasteiger partial charge in [-0.3, -0.25) is 34.2 Å². The van der Waals surface area contributed by atoms with Gasteiger partial charge in [0.25, 0.3) is 0 Å². The van der Waals surface area contributed by atoms with Crippen molar-refractivity contribution in [3.05, 3.63) is 35.9 Å². The number of amides is 6. The molecule has 0 fully saturated rings. The van der Waals surface area contributed by atoms with E-state index in [9.17, 15) is 33.9 Å². The summed E-state index contributed by atoms with van der Waals surface area (Å²) in [5.41, 5.74) is 10.9. The number of likely N-dealkylation sites (N-methyl/N-ethyl adjacent to an activating group) is 1. The molecule has 0 aliphatic rings. The Hall–Kier alpha value is -4.85. The highest BCUT2D eigenvalue weighted by atomic mass is 16.5. The Morgan fingerprint density at radius 3 is 1.90 bits per heavy atom. The number of carbonyl (C=O) groups excluding carboxylic acids is 6. The highest BCUT2D eigenvalue weighted by Gasteiger charge is 2.34. The van der Waals surface area contributed by atoms with Gasteiger partial charge in [-0.15, -0.1) is 0 Å². The zero-order valence-electron chi connectivity index (χ0n) is 36.8. The van der Waals surface area contributed by atoms with E-state index in [-0.39, 0.29) is 50.1 Å². The van der Waals surface area contributed by atoms with Gasteiger partial charge in [0.2, 0.25) is 35.4 Å². The van der Waals surface area contributed by atoms with Gasteiger partial charge in [-0.2, -0.15) is 0 Å². The average molecular weight is 848 g/mol. The second-order valence-corrected chi connectivity index (χ2v) is 16.5. The van der Waals surface area contributed by atoms with Crippen molar-refractivity contribution in [1.82, 2.24) is 42.5 Å². The molecule has 0 heterocycles. The number of hydrogen-bond acceptors (Lipinski definition) is 11. The van der Waals surface area contributed by atoms with E-state index in [2.05, 4.69) is 42.5 Å². The molecule has 1 unspecified atom stereocenters. The highest BCUT2D eigenvalue weighted by Crippen LogP contribution is 2.18. The van der Waals surface area contributed by atoms with Gasteiger partial charge in [-0.25, -0.2) is 0 Å². The van der Waals surface area contributed by atoms with Gasteiger partial charge in [-0.05, 0) is 91.3 Å². The van der Waals surface area contributed by atoms with Crippen LogP contribution in [0.25, 0.3) is 0 Å². The topological polar surface area (TPSA) is 304 Å². The van der Waals surface area contributed by atoms with E-state index in [1.54, 1.807) is 52.0 Å². The molecule has 0 radical (unpaired) electrons. The zero-order valence-corrected chi connectivity index (χ0v) is 36.8. The standard InChI is InChI=1S/C41H73N11O8/c1-26(2)33(38(59)51-31(25-53)37(58)50-30(34(55)45-7)23-27-15-10-9-11-16-27)52-36(57)29(18-14-21-47-39(43)44)49-35(56)28(17-12-13-20-42)48-32(54)24-41(5,6)60-22-19-40(3,4)46-8/h9-11,15-16,26,28-31,33,46,53H,12-14,17-25,42H2,1-8H3,(H,45,55)(H,48,54)(H,49,56)(H,50,58)(H,51,59)(H,52,57)(H4,43,44,47)/t28-,29-,30-,31-,33?/m0/s1. The second kappa shape index (κ2) is 27.1. The van der Waals surface area contributed by atoms with Gasteiger partial charge in [0.1, 0.15) is 30.2 Å². The number of aliphatic hydroxyl groups excluding tert-OH is 1. The van der Waals surface area contributed by atoms with E-state index >= 15 is 0 Å². The number of nitrogens with one attached hydrogen (secondary N) is 9. The van der Waals surface area contributed by atoms with Gasteiger partial charge in [0.15, 0.2) is 5.96 Å². The van der Waals surface area contributed by atoms with Crippen LogP contribution in [0.2, 0.25) is 0 Å². The lowest BCUT2D eigenvalue weighted by atomic mass is 10.00. The summed E-state index contributed by atoms with van der Waals surface area (Å²) in [5.74, 6) is -4.66. The Morgan fingerprint density at radius 1 is 0.767 bits per heavy atom. The molecule has 19 heteroatoms. The summed E-state index contributed by atoms with van der Waals surface area (Å²) in [6, 6.07) is 3.05. The molecule has 0 spiro atoms. The predicted molar refractivity (Wildman–Crippen MR) is 230 cm³/mol. The molecule has 1 rings (SSSR count). The number of ether oxygens (including phenoxy) is 1. The first-order valence-corrected chi connectivity index (χ1v) is 20.7. The average Bonchev–Trinajstić information content (AvgIpc) is 3.18. The van der Waals surface area contributed by atoms with Crippen LogP contribution in [0.1, 0.15) is 92.1 Å². The van der Waals surface area contributed by atoms with E-state index in [1.165, 1.54) is 7.05 Å². The SMILES string of the molecule is CNC(=O)[C@H](Cc1ccccc1)NC(=O)[C@H](CO)NC(=O)C(NC(=O)[C@H](CCCNC(=N)N)NC(=O)[C@H](CCCCN)NC(=O)CC(C)(C)OCCC(C)(C)NC)C(C)C. The molecule has 0 bridgehead atoms. The Labute approximate surface area is 355 Å². The lowest BCUT2D eigenvalue weighted by Crippen LogP contribution is -2.61. The summed E-state index contributed by atoms with van der Waals surface area (Å²) in [5, 5.41) is 39.3. The van der Waals surface area contributed by atoms with E-state index in [0.29, 0.717) is 32.4 Å². The Kier molecular flexibility index (Phi) is 24.0. The number of hydrogen-bond donors (Lipinski definition) is 12. The third-order valence-corrected chi connectivity index (χ3v) is 9.92. The van der Waals surface area contributed by atoms with Gasteiger partial charge in [-0.1, -0.05) is 44.2 Å². The summed E-state index contributed by atoms with van der Waals surface area (Å²) in [7, 11) is 3.29. The first-order valence-electron chi connectivity index (χ1n) is 20.7. The summed E-state index contributed by atoms with van der Waals surface area (Å²) in [4.78, 5) is 80.7. The molecule has 0 aliphatic heterocycles. The third kappa shape index (κ3) is 20.9. The maximum atomic E-state index is 13.9. The number of rotatable bonds is 29. The van der Waals surface area contributed by atoms with E-state index < -0.39 is 83.8 Å². The van der Waals surface area contributed by atoms with Crippen LogP contribution in [-0.2, 0) is 39.9 Å². The monoisotopic (exact) mass is 848 g/mol. The van der Waals surface area contributed by atoms with Crippen molar-refractivity contribution in [3.8, 4) is 0 Å². The second-order valence-electron chi connectivity index (χ2n) is 16.5. The lowest BCUT2D eigenvalue weighted by molar-refractivity contribution is -0.136. The quantitative estimate of drug-likeness (QED) is 0.0263. The number of guanidine groups is 1. The fourth-order valence-electron chi connectivity index (χ4n) is 5.97. The summed E-state index contributed by atoms with van der Waals surface area (Å²) >= 11 is 0. The Bertz CT molecular complexity index is 1530. The maximum Gasteiger partial charge on any atom is 0.245 e. The molecule has 14 N–H and O–H groups in total. The van der Waals surface area contributed by atoms with Crippen LogP contribution in [0.3, 0.4) is 0 Å². The summed E-state index contributed by atoms with van der Waals surface area (Å²) in [6.07, 6.45) is 2.49. The van der Waals surface area contributed by atoms with Crippen LogP contribution in [0.4, 0.5) is 0 Å². The van der Waals surface area contributed by atoms with Crippen molar-refractivity contribution < 1.29 is 38.6 Å². The number of carbonyl (C=O) groups is 6. The Balaban J connectivity index is 3.20. The number of benzene rings is 1. The lowest BCUT2D eigenvalue weighted by Gasteiger charge is -2.30. The van der Waals surface area contributed by atoms with Gasteiger partial charge in [0, 0.05) is 32.2 Å². The van der Waals surface area contributed by atoms with Crippen molar-refractivity contribution in [1.29, 1.82) is 5.41 Å². The van der Waals surface area contributed by atoms with Crippen LogP contribution in [0.15, 0.2) is 30.3 Å². The fourth-order valence-corrected chi connectivity index (χ4v) is 5.97. The molecule has 0 saturated heterocycles. The number of nitrogens with two attached hydrogens (primary N) is 2. The zero-order chi connectivity index (χ0) is 45.5. The van der Waals surface area contributed by atoms with Gasteiger partial charge >= 0.3 is 0 Å². The van der Waals surface area contributed by atoms with Crippen LogP contribution in [0, 0.1) is 11.3 Å². The molecule has 0 aromatic heterocycles. The molecule has 5 atom stereocenters. The molecule has 340 valence electrons. The molecule has 0 aliphatic carbocycles. The minimum absolute atomic E-state index is 0.0359. The molecule has 6 amide bonds. The molecular weight excluding hydrogens is 775 g/mol. The van der Waals surface area contributed by atoms with Gasteiger partial charge in [0.05, 0.1) is 18.6 Å². The first kappa shape index (κ1) is 53.2. The number of aliphatic hydroxyl groups is 1. The minimum Gasteiger partial charge on any atom is -0.394 e. The van der Waals surface area contributed by atoms with Gasteiger partial charge < -0.3 is 63.8 Å². The van der Waals surface area contributed by atoms with E-state index in [4.69, 9.17) is 21.6 Å². The number of unbranched alkanes of at least 4 members (excludes halogenated alkanes) is 1. The van der Waals surface area contributed by atoms with Crippen molar-refractivity contribution in [2.75, 3.05) is 40.4 Å². The van der Waals surface area contributed by atoms with Crippen molar-refractivity contribution >= 4 is 41.4 Å².